The Kier molecular flexibility index (Phi) is 5.23. The number of hydrogen-bond acceptors (Lipinski definition) is 4. The van der Waals surface area contributed by atoms with Crippen molar-refractivity contribution in [1.29, 1.82) is 0 Å². The van der Waals surface area contributed by atoms with E-state index in [0.717, 1.165) is 31.2 Å². The van der Waals surface area contributed by atoms with Crippen molar-refractivity contribution >= 4 is 12.2 Å². The minimum absolute atomic E-state index is 0.0936. The number of carbonyl (C=O) groups excluding carboxylic acids is 2. The summed E-state index contributed by atoms with van der Waals surface area (Å²) in [5.74, 6) is 0. The molecule has 2 rings (SSSR count). The second-order valence-corrected chi connectivity index (χ2v) is 4.53. The third-order valence-electron chi connectivity index (χ3n) is 2.99. The second-order valence-electron chi connectivity index (χ2n) is 4.53. The van der Waals surface area contributed by atoms with Crippen LogP contribution in [0.2, 0.25) is 0 Å². The molecule has 0 spiro atoms. The Hall–Kier alpha value is -2.24. The van der Waals surface area contributed by atoms with Crippen LogP contribution in [-0.4, -0.2) is 18.3 Å². The smallest absolute Gasteiger partial charge is 0.444 e. The molecule has 0 radical (unpaired) electrons. The van der Waals surface area contributed by atoms with Crippen molar-refractivity contribution in [3.8, 4) is 0 Å². The zero-order valence-corrected chi connectivity index (χ0v) is 11.0. The van der Waals surface area contributed by atoms with Gasteiger partial charge in [-0.15, -0.1) is 0 Å². The van der Waals surface area contributed by atoms with Gasteiger partial charge in [0.15, 0.2) is 0 Å². The molecule has 20 heavy (non-hydrogen) atoms. The number of carbonyl (C=O) groups is 2. The van der Waals surface area contributed by atoms with Crippen LogP contribution in [0.4, 0.5) is 9.59 Å². The van der Waals surface area contributed by atoms with Crippen LogP contribution in [0.1, 0.15) is 31.2 Å². The van der Waals surface area contributed by atoms with Gasteiger partial charge in [-0.3, -0.25) is 0 Å². The van der Waals surface area contributed by atoms with E-state index in [1.54, 1.807) is 0 Å². The van der Waals surface area contributed by atoms with Crippen molar-refractivity contribution in [1.82, 2.24) is 0 Å². The van der Waals surface area contributed by atoms with Crippen LogP contribution in [-0.2, 0) is 16.1 Å². The lowest BCUT2D eigenvalue weighted by Crippen LogP contribution is -2.11. The number of amides is 2. The van der Waals surface area contributed by atoms with Gasteiger partial charge in [0.2, 0.25) is 0 Å². The molecule has 6 nitrogen and oxygen atoms in total. The van der Waals surface area contributed by atoms with Crippen molar-refractivity contribution in [2.24, 2.45) is 10.2 Å². The van der Waals surface area contributed by atoms with E-state index in [9.17, 15) is 9.59 Å². The number of ether oxygens (including phenoxy) is 2. The Morgan fingerprint density at radius 1 is 1.05 bits per heavy atom. The molecule has 1 aliphatic carbocycles. The predicted octanol–water partition coefficient (Wildman–Crippen LogP) is 3.85. The Morgan fingerprint density at radius 3 is 2.40 bits per heavy atom. The average molecular weight is 276 g/mol. The molecule has 0 bridgehead atoms. The molecule has 1 aromatic rings. The number of nitrogens with zero attached hydrogens (tertiary/aromatic N) is 2. The van der Waals surface area contributed by atoms with Crippen molar-refractivity contribution < 1.29 is 19.1 Å². The Labute approximate surface area is 116 Å². The third-order valence-corrected chi connectivity index (χ3v) is 2.99. The first kappa shape index (κ1) is 14.2. The normalized spacial score (nSPS) is 15.4. The van der Waals surface area contributed by atoms with Gasteiger partial charge in [-0.25, -0.2) is 9.59 Å². The largest absolute Gasteiger partial charge is 0.452 e. The molecule has 0 saturated heterocycles. The molecule has 1 fully saturated rings. The maximum atomic E-state index is 11.3. The van der Waals surface area contributed by atoms with Gasteiger partial charge in [0.25, 0.3) is 0 Å². The molecule has 1 aromatic carbocycles. The first-order chi connectivity index (χ1) is 9.74. The van der Waals surface area contributed by atoms with E-state index in [1.807, 2.05) is 30.3 Å². The molecule has 0 atom stereocenters. The molecule has 0 unspecified atom stereocenters. The van der Waals surface area contributed by atoms with E-state index < -0.39 is 12.2 Å². The highest BCUT2D eigenvalue weighted by Gasteiger charge is 2.19. The van der Waals surface area contributed by atoms with Crippen LogP contribution in [0.5, 0.6) is 0 Å². The van der Waals surface area contributed by atoms with Gasteiger partial charge in [0.05, 0.1) is 0 Å². The zero-order valence-electron chi connectivity index (χ0n) is 11.0. The summed E-state index contributed by atoms with van der Waals surface area (Å²) in [6.07, 6.45) is 1.95. The Bertz CT molecular complexity index is 481. The zero-order chi connectivity index (χ0) is 14.2. The van der Waals surface area contributed by atoms with E-state index in [2.05, 4.69) is 10.2 Å². The van der Waals surface area contributed by atoms with E-state index in [-0.39, 0.29) is 12.7 Å². The molecule has 0 N–H and O–H groups in total. The number of azo groups is 1. The lowest BCUT2D eigenvalue weighted by atomic mass is 10.2. The number of hydrogen-bond donors (Lipinski definition) is 0. The monoisotopic (exact) mass is 276 g/mol. The summed E-state index contributed by atoms with van der Waals surface area (Å²) in [5.41, 5.74) is 0.838. The van der Waals surface area contributed by atoms with Crippen LogP contribution in [0.25, 0.3) is 0 Å². The molecular formula is C14H16N2O4. The standard InChI is InChI=1S/C14H16N2O4/c17-13(19-10-11-6-2-1-3-7-11)15-16-14(18)20-12-8-4-5-9-12/h1-3,6-7,12H,4-5,8-10H2/b16-15+. The third kappa shape index (κ3) is 4.79. The first-order valence-corrected chi connectivity index (χ1v) is 6.57. The molecule has 0 aromatic heterocycles. The SMILES string of the molecule is O=C(/N=N/C(=O)OC1CCCC1)OCc1ccccc1. The minimum atomic E-state index is -0.905. The molecule has 2 amide bonds. The first-order valence-electron chi connectivity index (χ1n) is 6.57. The number of rotatable bonds is 3. The maximum absolute atomic E-state index is 11.3. The summed E-state index contributed by atoms with van der Waals surface area (Å²) in [4.78, 5) is 22.6. The van der Waals surface area contributed by atoms with Gasteiger partial charge in [-0.05, 0) is 31.2 Å². The van der Waals surface area contributed by atoms with E-state index in [4.69, 9.17) is 9.47 Å². The summed E-state index contributed by atoms with van der Waals surface area (Å²) in [6.45, 7) is 0.0936. The lowest BCUT2D eigenvalue weighted by molar-refractivity contribution is 0.107. The quantitative estimate of drug-likeness (QED) is 0.785. The average Bonchev–Trinajstić information content (AvgIpc) is 2.97. The highest BCUT2D eigenvalue weighted by molar-refractivity contribution is 5.73. The van der Waals surface area contributed by atoms with Crippen molar-refractivity contribution in [3.63, 3.8) is 0 Å². The van der Waals surface area contributed by atoms with Gasteiger partial charge in [-0.1, -0.05) is 40.6 Å². The summed E-state index contributed by atoms with van der Waals surface area (Å²) >= 11 is 0. The molecule has 0 heterocycles. The predicted molar refractivity (Wildman–Crippen MR) is 70.2 cm³/mol. The van der Waals surface area contributed by atoms with E-state index in [1.165, 1.54) is 0 Å². The molecule has 0 aliphatic heterocycles. The highest BCUT2D eigenvalue weighted by Crippen LogP contribution is 2.21. The van der Waals surface area contributed by atoms with Crippen molar-refractivity contribution in [2.75, 3.05) is 0 Å². The van der Waals surface area contributed by atoms with E-state index >= 15 is 0 Å². The highest BCUT2D eigenvalue weighted by atomic mass is 16.6. The van der Waals surface area contributed by atoms with Gasteiger partial charge in [0, 0.05) is 0 Å². The molecule has 1 saturated carbocycles. The summed E-state index contributed by atoms with van der Waals surface area (Å²) in [6, 6.07) is 9.18. The minimum Gasteiger partial charge on any atom is -0.444 e. The molecular weight excluding hydrogens is 260 g/mol. The van der Waals surface area contributed by atoms with Gasteiger partial charge < -0.3 is 9.47 Å². The molecule has 1 aliphatic rings. The fourth-order valence-electron chi connectivity index (χ4n) is 2.00. The van der Waals surface area contributed by atoms with Gasteiger partial charge in [-0.2, -0.15) is 0 Å². The van der Waals surface area contributed by atoms with Gasteiger partial charge >= 0.3 is 12.2 Å². The summed E-state index contributed by atoms with van der Waals surface area (Å²) < 4.78 is 9.86. The fraction of sp³-hybridized carbons (Fsp3) is 0.429. The van der Waals surface area contributed by atoms with Crippen LogP contribution in [0.15, 0.2) is 40.6 Å². The van der Waals surface area contributed by atoms with Crippen molar-refractivity contribution in [2.45, 2.75) is 38.4 Å². The summed E-state index contributed by atoms with van der Waals surface area (Å²) in [5, 5.41) is 6.36. The topological polar surface area (TPSA) is 77.3 Å². The summed E-state index contributed by atoms with van der Waals surface area (Å²) in [7, 11) is 0. The van der Waals surface area contributed by atoms with Gasteiger partial charge in [0.1, 0.15) is 12.7 Å². The van der Waals surface area contributed by atoms with Crippen LogP contribution >= 0.6 is 0 Å². The fourth-order valence-corrected chi connectivity index (χ4v) is 2.00. The Balaban J connectivity index is 1.70. The van der Waals surface area contributed by atoms with Crippen molar-refractivity contribution in [3.05, 3.63) is 35.9 Å². The molecule has 6 heteroatoms. The van der Waals surface area contributed by atoms with Crippen LogP contribution < -0.4 is 0 Å². The molecule has 106 valence electrons. The second kappa shape index (κ2) is 7.37. The Morgan fingerprint density at radius 2 is 1.70 bits per heavy atom. The van der Waals surface area contributed by atoms with Crippen LogP contribution in [0.3, 0.4) is 0 Å². The number of benzene rings is 1. The lowest BCUT2D eigenvalue weighted by Gasteiger charge is -2.06. The van der Waals surface area contributed by atoms with E-state index in [0.29, 0.717) is 0 Å². The van der Waals surface area contributed by atoms with Crippen LogP contribution in [0, 0.1) is 0 Å². The maximum Gasteiger partial charge on any atom is 0.452 e.